The number of hydrogen-bond acceptors (Lipinski definition) is 5. The molecule has 2 aliphatic rings. The van der Waals surface area contributed by atoms with Crippen LogP contribution in [0.25, 0.3) is 0 Å². The normalized spacial score (nSPS) is 21.5. The van der Waals surface area contributed by atoms with Gasteiger partial charge < -0.3 is 14.6 Å². The van der Waals surface area contributed by atoms with Crippen LogP contribution in [0.2, 0.25) is 0 Å². The summed E-state index contributed by atoms with van der Waals surface area (Å²) in [6.07, 6.45) is 6.09. The number of aromatic amines is 1. The topological polar surface area (TPSA) is 74.3 Å². The number of rotatable bonds is 3. The van der Waals surface area contributed by atoms with Crippen molar-refractivity contribution in [1.82, 2.24) is 24.8 Å². The highest BCUT2D eigenvalue weighted by Crippen LogP contribution is 2.32. The van der Waals surface area contributed by atoms with Gasteiger partial charge in [0.05, 0.1) is 31.8 Å². The van der Waals surface area contributed by atoms with Crippen molar-refractivity contribution in [1.29, 1.82) is 0 Å². The second kappa shape index (κ2) is 6.70. The molecule has 7 heteroatoms. The van der Waals surface area contributed by atoms with Crippen molar-refractivity contribution < 1.29 is 9.53 Å². The number of ether oxygens (including phenoxy) is 1. The van der Waals surface area contributed by atoms with Gasteiger partial charge in [0.1, 0.15) is 6.04 Å². The average molecular weight is 327 g/mol. The minimum absolute atomic E-state index is 0.138. The molecule has 0 bridgehead atoms. The Morgan fingerprint density at radius 3 is 3.00 bits per heavy atom. The first-order valence-electron chi connectivity index (χ1n) is 8.34. The van der Waals surface area contributed by atoms with E-state index in [1.54, 1.807) is 12.5 Å². The number of pyridine rings is 1. The summed E-state index contributed by atoms with van der Waals surface area (Å²) in [5, 5.41) is 0. The number of H-pyrrole nitrogens is 1. The average Bonchev–Trinajstić information content (AvgIpc) is 3.11. The van der Waals surface area contributed by atoms with Crippen molar-refractivity contribution in [3.63, 3.8) is 0 Å². The van der Waals surface area contributed by atoms with Crippen molar-refractivity contribution in [3.05, 3.63) is 47.8 Å². The van der Waals surface area contributed by atoms with Crippen molar-refractivity contribution in [3.8, 4) is 0 Å². The number of fused-ring (bicyclic) bond motifs is 1. The molecule has 0 aromatic carbocycles. The quantitative estimate of drug-likeness (QED) is 0.894. The third-order valence-electron chi connectivity index (χ3n) is 4.71. The van der Waals surface area contributed by atoms with Crippen LogP contribution in [0.3, 0.4) is 0 Å². The molecule has 1 amide bonds. The molecular weight excluding hydrogens is 306 g/mol. The fourth-order valence-corrected chi connectivity index (χ4v) is 3.46. The molecule has 1 saturated heterocycles. The van der Waals surface area contributed by atoms with E-state index in [0.29, 0.717) is 26.3 Å². The second-order valence-electron chi connectivity index (χ2n) is 6.18. The van der Waals surface area contributed by atoms with Gasteiger partial charge in [-0.25, -0.2) is 4.98 Å². The standard InChI is InChI=1S/C17H21N5O2/c23-15(11-21-6-8-24-9-7-21)22-5-3-14-16(20-12-19-14)17(22)13-2-1-4-18-10-13/h1-2,4,10,12,17H,3,5-9,11H2,(H,19,20). The van der Waals surface area contributed by atoms with Gasteiger partial charge in [0, 0.05) is 44.1 Å². The molecule has 2 aromatic rings. The Kier molecular flexibility index (Phi) is 4.27. The summed E-state index contributed by atoms with van der Waals surface area (Å²) in [6.45, 7) is 4.14. The van der Waals surface area contributed by atoms with E-state index in [-0.39, 0.29) is 11.9 Å². The van der Waals surface area contributed by atoms with Crippen molar-refractivity contribution in [2.24, 2.45) is 0 Å². The van der Waals surface area contributed by atoms with E-state index >= 15 is 0 Å². The molecule has 1 atom stereocenters. The lowest BCUT2D eigenvalue weighted by molar-refractivity contribution is -0.135. The minimum Gasteiger partial charge on any atom is -0.379 e. The third kappa shape index (κ3) is 2.92. The van der Waals surface area contributed by atoms with Gasteiger partial charge >= 0.3 is 0 Å². The fourth-order valence-electron chi connectivity index (χ4n) is 3.46. The number of amides is 1. The summed E-state index contributed by atoms with van der Waals surface area (Å²) in [5.41, 5.74) is 3.05. The molecule has 2 aliphatic heterocycles. The number of carbonyl (C=O) groups is 1. The summed E-state index contributed by atoms with van der Waals surface area (Å²) >= 11 is 0. The molecule has 4 heterocycles. The molecule has 1 fully saturated rings. The maximum absolute atomic E-state index is 13.0. The third-order valence-corrected chi connectivity index (χ3v) is 4.71. The molecule has 2 aromatic heterocycles. The van der Waals surface area contributed by atoms with Crippen molar-refractivity contribution in [2.45, 2.75) is 12.5 Å². The summed E-state index contributed by atoms with van der Waals surface area (Å²) in [7, 11) is 0. The Balaban J connectivity index is 1.60. The zero-order valence-electron chi connectivity index (χ0n) is 13.5. The number of nitrogens with zero attached hydrogens (tertiary/aromatic N) is 4. The van der Waals surface area contributed by atoms with E-state index in [1.165, 1.54) is 0 Å². The molecule has 0 aliphatic carbocycles. The smallest absolute Gasteiger partial charge is 0.237 e. The molecule has 24 heavy (non-hydrogen) atoms. The number of nitrogens with one attached hydrogen (secondary N) is 1. The van der Waals surface area contributed by atoms with E-state index in [0.717, 1.165) is 36.5 Å². The first-order chi connectivity index (χ1) is 11.8. The van der Waals surface area contributed by atoms with Crippen LogP contribution in [0.1, 0.15) is 23.0 Å². The second-order valence-corrected chi connectivity index (χ2v) is 6.18. The Hall–Kier alpha value is -2.25. The van der Waals surface area contributed by atoms with Gasteiger partial charge in [-0.05, 0) is 11.6 Å². The largest absolute Gasteiger partial charge is 0.379 e. The van der Waals surface area contributed by atoms with Crippen LogP contribution in [-0.4, -0.2) is 70.1 Å². The molecule has 1 unspecified atom stereocenters. The van der Waals surface area contributed by atoms with Crippen LogP contribution in [0.15, 0.2) is 30.9 Å². The Bertz CT molecular complexity index is 696. The van der Waals surface area contributed by atoms with E-state index in [4.69, 9.17) is 4.74 Å². The molecule has 0 radical (unpaired) electrons. The fraction of sp³-hybridized carbons (Fsp3) is 0.471. The van der Waals surface area contributed by atoms with Gasteiger partial charge in [0.25, 0.3) is 0 Å². The van der Waals surface area contributed by atoms with E-state index in [9.17, 15) is 4.79 Å². The molecule has 0 saturated carbocycles. The van der Waals surface area contributed by atoms with Crippen LogP contribution in [0, 0.1) is 0 Å². The van der Waals surface area contributed by atoms with E-state index in [1.807, 2.05) is 23.2 Å². The van der Waals surface area contributed by atoms with Crippen molar-refractivity contribution in [2.75, 3.05) is 39.4 Å². The zero-order chi connectivity index (χ0) is 16.4. The summed E-state index contributed by atoms with van der Waals surface area (Å²) < 4.78 is 5.36. The maximum atomic E-state index is 13.0. The van der Waals surface area contributed by atoms with Gasteiger partial charge in [0.15, 0.2) is 0 Å². The highest BCUT2D eigenvalue weighted by Gasteiger charge is 2.34. The molecule has 1 N–H and O–H groups in total. The van der Waals surface area contributed by atoms with Crippen LogP contribution in [0.5, 0.6) is 0 Å². The van der Waals surface area contributed by atoms with Gasteiger partial charge in [-0.2, -0.15) is 0 Å². The molecule has 126 valence electrons. The molecule has 0 spiro atoms. The van der Waals surface area contributed by atoms with Crippen molar-refractivity contribution >= 4 is 5.91 Å². The summed E-state index contributed by atoms with van der Waals surface area (Å²) in [5.74, 6) is 0.138. The molecular formula is C17H21N5O2. The lowest BCUT2D eigenvalue weighted by atomic mass is 9.96. The summed E-state index contributed by atoms with van der Waals surface area (Å²) in [4.78, 5) is 29.0. The number of aromatic nitrogens is 3. The number of morpholine rings is 1. The van der Waals surface area contributed by atoms with Gasteiger partial charge in [-0.15, -0.1) is 0 Å². The Morgan fingerprint density at radius 1 is 1.33 bits per heavy atom. The van der Waals surface area contributed by atoms with E-state index in [2.05, 4.69) is 19.9 Å². The predicted molar refractivity (Wildman–Crippen MR) is 87.3 cm³/mol. The monoisotopic (exact) mass is 327 g/mol. The minimum atomic E-state index is -0.165. The lowest BCUT2D eigenvalue weighted by Gasteiger charge is -2.37. The summed E-state index contributed by atoms with van der Waals surface area (Å²) in [6, 6.07) is 3.75. The van der Waals surface area contributed by atoms with Crippen LogP contribution in [0.4, 0.5) is 0 Å². The Morgan fingerprint density at radius 2 is 2.21 bits per heavy atom. The van der Waals surface area contributed by atoms with Crippen LogP contribution >= 0.6 is 0 Å². The van der Waals surface area contributed by atoms with Gasteiger partial charge in [0.2, 0.25) is 5.91 Å². The number of hydrogen-bond donors (Lipinski definition) is 1. The van der Waals surface area contributed by atoms with E-state index < -0.39 is 0 Å². The number of imidazole rings is 1. The van der Waals surface area contributed by atoms with Crippen LogP contribution < -0.4 is 0 Å². The molecule has 7 nitrogen and oxygen atoms in total. The zero-order valence-corrected chi connectivity index (χ0v) is 13.5. The highest BCUT2D eigenvalue weighted by atomic mass is 16.5. The van der Waals surface area contributed by atoms with Crippen LogP contribution in [-0.2, 0) is 16.0 Å². The first-order valence-corrected chi connectivity index (χ1v) is 8.34. The number of carbonyl (C=O) groups excluding carboxylic acids is 1. The van der Waals surface area contributed by atoms with Gasteiger partial charge in [-0.3, -0.25) is 14.7 Å². The Labute approximate surface area is 140 Å². The first kappa shape index (κ1) is 15.3. The SMILES string of the molecule is O=C(CN1CCOCC1)N1CCc2[nH]cnc2C1c1cccnc1. The van der Waals surface area contributed by atoms with Gasteiger partial charge in [-0.1, -0.05) is 6.07 Å². The maximum Gasteiger partial charge on any atom is 0.237 e. The highest BCUT2D eigenvalue weighted by molar-refractivity contribution is 5.79. The molecule has 4 rings (SSSR count). The lowest BCUT2D eigenvalue weighted by Crippen LogP contribution is -2.48. The predicted octanol–water partition coefficient (Wildman–Crippen LogP) is 0.611.